The van der Waals surface area contributed by atoms with Gasteiger partial charge in [-0.2, -0.15) is 0 Å². The van der Waals surface area contributed by atoms with Gasteiger partial charge in [0, 0.05) is 37.2 Å². The Balaban J connectivity index is 2.10. The van der Waals surface area contributed by atoms with Crippen LogP contribution in [0.15, 0.2) is 36.5 Å². The highest BCUT2D eigenvalue weighted by molar-refractivity contribution is 5.94. The molecule has 0 fully saturated rings. The summed E-state index contributed by atoms with van der Waals surface area (Å²) in [4.78, 5) is 35.0. The van der Waals surface area contributed by atoms with Gasteiger partial charge in [0.1, 0.15) is 17.5 Å². The summed E-state index contributed by atoms with van der Waals surface area (Å²) < 4.78 is 40.7. The summed E-state index contributed by atoms with van der Waals surface area (Å²) in [6.45, 7) is 4.79. The summed E-state index contributed by atoms with van der Waals surface area (Å²) in [5.41, 5.74) is 0.0276. The van der Waals surface area contributed by atoms with Crippen LogP contribution < -0.4 is 10.2 Å². The van der Waals surface area contributed by atoms with E-state index in [4.69, 9.17) is 0 Å². The van der Waals surface area contributed by atoms with Gasteiger partial charge in [-0.3, -0.25) is 14.5 Å². The molecule has 6 nitrogen and oxygen atoms in total. The van der Waals surface area contributed by atoms with Gasteiger partial charge in [-0.15, -0.1) is 0 Å². The van der Waals surface area contributed by atoms with E-state index in [-0.39, 0.29) is 24.3 Å². The molecule has 1 aromatic heterocycles. The van der Waals surface area contributed by atoms with Gasteiger partial charge in [-0.05, 0) is 51.0 Å². The number of nitrogens with zero attached hydrogens (tertiary/aromatic N) is 3. The molecule has 2 amide bonds. The lowest BCUT2D eigenvalue weighted by atomic mass is 10.0. The standard InChI is InChI=1S/C22H27F3N4O2/c1-4-12-29(19-10-11-26-15(2)27-19)20(30)9-8-18(14-22(3,24)25)28-21(31)16-6-5-7-17(23)13-16/h5-7,10-11,13,18H,4,8-9,12,14H2,1-3H3,(H,28,31)/t18-/m0/s1. The van der Waals surface area contributed by atoms with Gasteiger partial charge < -0.3 is 5.32 Å². The van der Waals surface area contributed by atoms with E-state index in [1.165, 1.54) is 23.1 Å². The van der Waals surface area contributed by atoms with E-state index >= 15 is 0 Å². The summed E-state index contributed by atoms with van der Waals surface area (Å²) in [5, 5.41) is 2.51. The van der Waals surface area contributed by atoms with Crippen LogP contribution in [-0.4, -0.2) is 40.3 Å². The molecule has 1 N–H and O–H groups in total. The maximum atomic E-state index is 13.7. The molecule has 0 unspecified atom stereocenters. The minimum absolute atomic E-state index is 0.00754. The molecule has 2 rings (SSSR count). The third-order valence-electron chi connectivity index (χ3n) is 4.52. The summed E-state index contributed by atoms with van der Waals surface area (Å²) in [6, 6.07) is 5.63. The summed E-state index contributed by atoms with van der Waals surface area (Å²) in [5.74, 6) is -3.65. The van der Waals surface area contributed by atoms with E-state index in [0.29, 0.717) is 24.6 Å². The average Bonchev–Trinajstić information content (AvgIpc) is 2.69. The first-order valence-electron chi connectivity index (χ1n) is 10.1. The quantitative estimate of drug-likeness (QED) is 0.603. The van der Waals surface area contributed by atoms with E-state index in [2.05, 4.69) is 15.3 Å². The summed E-state index contributed by atoms with van der Waals surface area (Å²) in [7, 11) is 0. The van der Waals surface area contributed by atoms with Gasteiger partial charge in [0.05, 0.1) is 0 Å². The number of amides is 2. The first-order chi connectivity index (χ1) is 14.6. The van der Waals surface area contributed by atoms with Crippen LogP contribution in [0.4, 0.5) is 19.0 Å². The monoisotopic (exact) mass is 436 g/mol. The number of alkyl halides is 2. The number of aromatic nitrogens is 2. The fourth-order valence-corrected chi connectivity index (χ4v) is 3.17. The smallest absolute Gasteiger partial charge is 0.251 e. The van der Waals surface area contributed by atoms with Gasteiger partial charge >= 0.3 is 0 Å². The third-order valence-corrected chi connectivity index (χ3v) is 4.52. The molecule has 0 aliphatic rings. The number of hydrogen-bond donors (Lipinski definition) is 1. The number of benzene rings is 1. The summed E-state index contributed by atoms with van der Waals surface area (Å²) in [6.07, 6.45) is 1.54. The Labute approximate surface area is 179 Å². The van der Waals surface area contributed by atoms with Crippen molar-refractivity contribution in [1.29, 1.82) is 0 Å². The minimum atomic E-state index is -3.05. The number of carbonyl (C=O) groups excluding carboxylic acids is 2. The first kappa shape index (κ1) is 24.3. The number of nitrogens with one attached hydrogen (secondary N) is 1. The lowest BCUT2D eigenvalue weighted by Crippen LogP contribution is -2.40. The molecule has 9 heteroatoms. The van der Waals surface area contributed by atoms with Crippen molar-refractivity contribution in [2.75, 3.05) is 11.4 Å². The first-order valence-corrected chi connectivity index (χ1v) is 10.1. The van der Waals surface area contributed by atoms with Crippen LogP contribution in [0, 0.1) is 12.7 Å². The number of anilines is 1. The second-order valence-corrected chi connectivity index (χ2v) is 7.50. The van der Waals surface area contributed by atoms with Crippen molar-refractivity contribution in [2.45, 2.75) is 58.4 Å². The number of hydrogen-bond acceptors (Lipinski definition) is 4. The van der Waals surface area contributed by atoms with Gasteiger partial charge in [-0.25, -0.2) is 23.1 Å². The highest BCUT2D eigenvalue weighted by Gasteiger charge is 2.29. The minimum Gasteiger partial charge on any atom is -0.349 e. The zero-order valence-corrected chi connectivity index (χ0v) is 17.9. The molecule has 0 saturated heterocycles. The molecule has 1 atom stereocenters. The van der Waals surface area contributed by atoms with Crippen molar-refractivity contribution < 1.29 is 22.8 Å². The number of rotatable bonds is 10. The molecule has 2 aromatic rings. The molecule has 1 aromatic carbocycles. The maximum absolute atomic E-state index is 13.7. The fraction of sp³-hybridized carbons (Fsp3) is 0.455. The molecular formula is C22H27F3N4O2. The van der Waals surface area contributed by atoms with Crippen molar-refractivity contribution in [3.63, 3.8) is 0 Å². The van der Waals surface area contributed by atoms with Crippen LogP contribution in [0.5, 0.6) is 0 Å². The predicted octanol–water partition coefficient (Wildman–Crippen LogP) is 4.29. The lowest BCUT2D eigenvalue weighted by Gasteiger charge is -2.25. The number of halogens is 3. The Bertz CT molecular complexity index is 902. The van der Waals surface area contributed by atoms with Gasteiger partial charge in [0.15, 0.2) is 0 Å². The maximum Gasteiger partial charge on any atom is 0.251 e. The van der Waals surface area contributed by atoms with Gasteiger partial charge in [0.2, 0.25) is 11.8 Å². The van der Waals surface area contributed by atoms with Gasteiger partial charge in [0.25, 0.3) is 5.91 Å². The SMILES string of the molecule is CCCN(C(=O)CC[C@@H](CC(C)(F)F)NC(=O)c1cccc(F)c1)c1ccnc(C)n1. The molecule has 1 heterocycles. The molecule has 0 bridgehead atoms. The topological polar surface area (TPSA) is 75.2 Å². The largest absolute Gasteiger partial charge is 0.349 e. The normalized spacial score (nSPS) is 12.3. The van der Waals surface area contributed by atoms with Crippen molar-refractivity contribution in [3.8, 4) is 0 Å². The van der Waals surface area contributed by atoms with E-state index in [9.17, 15) is 22.8 Å². The Kier molecular flexibility index (Phi) is 8.53. The molecule has 0 saturated carbocycles. The van der Waals surface area contributed by atoms with Crippen LogP contribution in [0.1, 0.15) is 55.7 Å². The average molecular weight is 436 g/mol. The molecule has 168 valence electrons. The molecule has 0 aliphatic heterocycles. The van der Waals surface area contributed by atoms with Crippen LogP contribution >= 0.6 is 0 Å². The Morgan fingerprint density at radius 2 is 2.00 bits per heavy atom. The van der Waals surface area contributed by atoms with Crippen molar-refractivity contribution in [3.05, 3.63) is 53.7 Å². The highest BCUT2D eigenvalue weighted by Crippen LogP contribution is 2.22. The number of carbonyl (C=O) groups is 2. The van der Waals surface area contributed by atoms with E-state index < -0.39 is 30.1 Å². The van der Waals surface area contributed by atoms with Crippen molar-refractivity contribution >= 4 is 17.6 Å². The van der Waals surface area contributed by atoms with E-state index in [0.717, 1.165) is 13.0 Å². The molecule has 31 heavy (non-hydrogen) atoms. The molecule has 0 radical (unpaired) electrons. The van der Waals surface area contributed by atoms with Crippen molar-refractivity contribution in [2.24, 2.45) is 0 Å². The van der Waals surface area contributed by atoms with Crippen molar-refractivity contribution in [1.82, 2.24) is 15.3 Å². The molecular weight excluding hydrogens is 409 g/mol. The zero-order valence-electron chi connectivity index (χ0n) is 17.9. The summed E-state index contributed by atoms with van der Waals surface area (Å²) >= 11 is 0. The van der Waals surface area contributed by atoms with E-state index in [1.54, 1.807) is 19.2 Å². The highest BCUT2D eigenvalue weighted by atomic mass is 19.3. The van der Waals surface area contributed by atoms with Crippen LogP contribution in [0.2, 0.25) is 0 Å². The molecule has 0 aliphatic carbocycles. The van der Waals surface area contributed by atoms with E-state index in [1.807, 2.05) is 6.92 Å². The van der Waals surface area contributed by atoms with Crippen LogP contribution in [0.3, 0.4) is 0 Å². The second kappa shape index (κ2) is 10.9. The molecule has 0 spiro atoms. The van der Waals surface area contributed by atoms with Crippen LogP contribution in [0.25, 0.3) is 0 Å². The lowest BCUT2D eigenvalue weighted by molar-refractivity contribution is -0.119. The van der Waals surface area contributed by atoms with Gasteiger partial charge in [-0.1, -0.05) is 13.0 Å². The Morgan fingerprint density at radius 3 is 2.61 bits per heavy atom. The predicted molar refractivity (Wildman–Crippen MR) is 112 cm³/mol. The third kappa shape index (κ3) is 7.99. The Hall–Kier alpha value is -2.97. The Morgan fingerprint density at radius 1 is 1.26 bits per heavy atom. The number of aryl methyl sites for hydroxylation is 1. The van der Waals surface area contributed by atoms with Crippen LogP contribution in [-0.2, 0) is 4.79 Å². The second-order valence-electron chi connectivity index (χ2n) is 7.50. The fourth-order valence-electron chi connectivity index (χ4n) is 3.17. The zero-order chi connectivity index (χ0) is 23.0.